The first-order chi connectivity index (χ1) is 7.70. The molecule has 0 atom stereocenters. The van der Waals surface area contributed by atoms with Crippen molar-refractivity contribution in [2.45, 2.75) is 32.2 Å². The van der Waals surface area contributed by atoms with Gasteiger partial charge in [-0.2, -0.15) is 0 Å². The van der Waals surface area contributed by atoms with Crippen LogP contribution in [-0.4, -0.2) is 19.5 Å². The number of imidazole rings is 1. The van der Waals surface area contributed by atoms with Crippen LogP contribution >= 0.6 is 12.2 Å². The molecule has 5 nitrogen and oxygen atoms in total. The second kappa shape index (κ2) is 3.28. The molecule has 1 saturated carbocycles. The van der Waals surface area contributed by atoms with Crippen molar-refractivity contribution in [3.8, 4) is 0 Å². The molecule has 0 unspecified atom stereocenters. The van der Waals surface area contributed by atoms with E-state index in [0.29, 0.717) is 22.8 Å². The summed E-state index contributed by atoms with van der Waals surface area (Å²) in [6.07, 6.45) is 2.34. The van der Waals surface area contributed by atoms with Crippen molar-refractivity contribution >= 4 is 23.4 Å². The average molecular weight is 236 g/mol. The van der Waals surface area contributed by atoms with E-state index in [1.54, 1.807) is 0 Å². The Morgan fingerprint density at radius 2 is 2.25 bits per heavy atom. The molecule has 2 aromatic heterocycles. The van der Waals surface area contributed by atoms with Crippen LogP contribution in [0.25, 0.3) is 11.2 Å². The van der Waals surface area contributed by atoms with Gasteiger partial charge in [0.1, 0.15) is 16.0 Å². The zero-order chi connectivity index (χ0) is 11.3. The Bertz CT molecular complexity index is 661. The predicted octanol–water partition coefficient (Wildman–Crippen LogP) is 1.68. The van der Waals surface area contributed by atoms with E-state index in [1.807, 2.05) is 6.92 Å². The van der Waals surface area contributed by atoms with Gasteiger partial charge in [-0.15, -0.1) is 0 Å². The van der Waals surface area contributed by atoms with Crippen LogP contribution in [0.4, 0.5) is 0 Å². The first-order valence-electron chi connectivity index (χ1n) is 5.43. The summed E-state index contributed by atoms with van der Waals surface area (Å²) in [6.45, 7) is 2.47. The number of H-pyrrole nitrogens is 2. The first-order valence-corrected chi connectivity index (χ1v) is 5.84. The van der Waals surface area contributed by atoms with Crippen molar-refractivity contribution in [3.05, 3.63) is 20.9 Å². The summed E-state index contributed by atoms with van der Waals surface area (Å²) in [4.78, 5) is 22.0. The van der Waals surface area contributed by atoms with Crippen LogP contribution in [0.3, 0.4) is 0 Å². The van der Waals surface area contributed by atoms with Crippen LogP contribution in [0.15, 0.2) is 4.79 Å². The highest BCUT2D eigenvalue weighted by atomic mass is 32.1. The van der Waals surface area contributed by atoms with E-state index in [9.17, 15) is 4.79 Å². The Hall–Kier alpha value is -1.43. The number of aromatic amines is 2. The third kappa shape index (κ3) is 1.33. The maximum absolute atomic E-state index is 11.7. The molecular weight excluding hydrogens is 224 g/mol. The zero-order valence-corrected chi connectivity index (χ0v) is 9.73. The van der Waals surface area contributed by atoms with Gasteiger partial charge < -0.3 is 4.98 Å². The van der Waals surface area contributed by atoms with Crippen LogP contribution in [-0.2, 0) is 6.54 Å². The van der Waals surface area contributed by atoms with Crippen LogP contribution in [0.1, 0.15) is 31.5 Å². The van der Waals surface area contributed by atoms with E-state index < -0.39 is 0 Å². The lowest BCUT2D eigenvalue weighted by molar-refractivity contribution is 0.697. The largest absolute Gasteiger partial charge is 0.338 e. The molecule has 2 aromatic rings. The number of fused-ring (bicyclic) bond motifs is 1. The minimum atomic E-state index is -0.186. The van der Waals surface area contributed by atoms with E-state index in [-0.39, 0.29) is 5.69 Å². The number of hydrogen-bond donors (Lipinski definition) is 2. The van der Waals surface area contributed by atoms with Crippen LogP contribution in [0.5, 0.6) is 0 Å². The summed E-state index contributed by atoms with van der Waals surface area (Å²) in [6, 6.07) is 0. The summed E-state index contributed by atoms with van der Waals surface area (Å²) in [5.74, 6) is 1.48. The lowest BCUT2D eigenvalue weighted by atomic mass is 10.4. The lowest BCUT2D eigenvalue weighted by Crippen LogP contribution is -2.22. The average Bonchev–Trinajstić information content (AvgIpc) is 3.00. The van der Waals surface area contributed by atoms with Gasteiger partial charge in [-0.05, 0) is 19.8 Å². The Morgan fingerprint density at radius 1 is 1.50 bits per heavy atom. The van der Waals surface area contributed by atoms with Gasteiger partial charge in [-0.1, -0.05) is 12.2 Å². The molecule has 1 aliphatic rings. The number of aromatic nitrogens is 4. The summed E-state index contributed by atoms with van der Waals surface area (Å²) < 4.78 is 2.08. The number of nitrogens with zero attached hydrogens (tertiary/aromatic N) is 2. The fourth-order valence-electron chi connectivity index (χ4n) is 1.87. The smallest absolute Gasteiger partial charge is 0.328 e. The van der Waals surface area contributed by atoms with Gasteiger partial charge in [0.05, 0.1) is 0 Å². The Balaban J connectivity index is 2.34. The van der Waals surface area contributed by atoms with Crippen molar-refractivity contribution in [1.82, 2.24) is 19.5 Å². The second-order valence-electron chi connectivity index (χ2n) is 4.10. The monoisotopic (exact) mass is 236 g/mol. The Kier molecular flexibility index (Phi) is 2.00. The van der Waals surface area contributed by atoms with Crippen molar-refractivity contribution < 1.29 is 0 Å². The van der Waals surface area contributed by atoms with E-state index in [2.05, 4.69) is 15.0 Å². The lowest BCUT2D eigenvalue weighted by Gasteiger charge is -2.00. The fraction of sp³-hybridized carbons (Fsp3) is 0.500. The molecule has 0 amide bonds. The molecule has 1 fully saturated rings. The molecule has 0 aliphatic heterocycles. The number of nitrogens with one attached hydrogen (secondary N) is 2. The van der Waals surface area contributed by atoms with Crippen molar-refractivity contribution in [2.24, 2.45) is 0 Å². The highest BCUT2D eigenvalue weighted by Crippen LogP contribution is 2.38. The Morgan fingerprint density at radius 3 is 2.88 bits per heavy atom. The Labute approximate surface area is 96.5 Å². The van der Waals surface area contributed by atoms with Crippen LogP contribution in [0.2, 0.25) is 0 Å². The maximum Gasteiger partial charge on any atom is 0.328 e. The molecule has 0 saturated heterocycles. The molecule has 84 valence electrons. The molecule has 1 aliphatic carbocycles. The van der Waals surface area contributed by atoms with Crippen LogP contribution < -0.4 is 5.69 Å². The molecule has 0 spiro atoms. The third-order valence-corrected chi connectivity index (χ3v) is 3.36. The summed E-state index contributed by atoms with van der Waals surface area (Å²) in [5, 5.41) is 0. The molecule has 2 N–H and O–H groups in total. The number of rotatable bonds is 2. The SMILES string of the molecule is CCn1c(=O)[nH]c2nc(C3CC3)[nH]c2c1=S. The summed E-state index contributed by atoms with van der Waals surface area (Å²) in [5.41, 5.74) is 1.17. The molecule has 6 heteroatoms. The third-order valence-electron chi connectivity index (χ3n) is 2.93. The van der Waals surface area contributed by atoms with Crippen molar-refractivity contribution in [1.29, 1.82) is 0 Å². The molecule has 2 heterocycles. The molecular formula is C10H12N4OS. The van der Waals surface area contributed by atoms with Gasteiger partial charge in [0, 0.05) is 12.5 Å². The van der Waals surface area contributed by atoms with E-state index in [0.717, 1.165) is 11.3 Å². The van der Waals surface area contributed by atoms with Gasteiger partial charge >= 0.3 is 5.69 Å². The fourth-order valence-corrected chi connectivity index (χ4v) is 2.23. The van der Waals surface area contributed by atoms with Crippen LogP contribution in [0, 0.1) is 4.64 Å². The van der Waals surface area contributed by atoms with Gasteiger partial charge in [0.2, 0.25) is 0 Å². The van der Waals surface area contributed by atoms with Gasteiger partial charge in [-0.3, -0.25) is 9.55 Å². The van der Waals surface area contributed by atoms with E-state index in [4.69, 9.17) is 12.2 Å². The predicted molar refractivity (Wildman–Crippen MR) is 63.2 cm³/mol. The zero-order valence-electron chi connectivity index (χ0n) is 8.91. The van der Waals surface area contributed by atoms with E-state index in [1.165, 1.54) is 17.4 Å². The molecule has 0 aromatic carbocycles. The molecule has 3 rings (SSSR count). The summed E-state index contributed by atoms with van der Waals surface area (Å²) in [7, 11) is 0. The van der Waals surface area contributed by atoms with Gasteiger partial charge in [0.25, 0.3) is 0 Å². The minimum absolute atomic E-state index is 0.186. The highest BCUT2D eigenvalue weighted by molar-refractivity contribution is 7.71. The topological polar surface area (TPSA) is 66.5 Å². The van der Waals surface area contributed by atoms with Crippen molar-refractivity contribution in [3.63, 3.8) is 0 Å². The molecule has 0 radical (unpaired) electrons. The first kappa shape index (κ1) is 9.77. The van der Waals surface area contributed by atoms with Crippen molar-refractivity contribution in [2.75, 3.05) is 0 Å². The molecule has 16 heavy (non-hydrogen) atoms. The number of hydrogen-bond acceptors (Lipinski definition) is 3. The van der Waals surface area contributed by atoms with Gasteiger partial charge in [-0.25, -0.2) is 9.78 Å². The van der Waals surface area contributed by atoms with Gasteiger partial charge in [0.15, 0.2) is 5.65 Å². The summed E-state index contributed by atoms with van der Waals surface area (Å²) >= 11 is 5.27. The molecule has 0 bridgehead atoms. The minimum Gasteiger partial charge on any atom is -0.338 e. The maximum atomic E-state index is 11.7. The second-order valence-corrected chi connectivity index (χ2v) is 4.49. The standard InChI is InChI=1S/C10H12N4OS/c1-2-14-9(16)6-8(13-10(14)15)12-7(11-6)5-3-4-5/h5H,2-4H2,1H3,(H,11,12)(H,13,15). The van der Waals surface area contributed by atoms with E-state index >= 15 is 0 Å². The highest BCUT2D eigenvalue weighted by Gasteiger charge is 2.27. The normalized spacial score (nSPS) is 15.8. The quantitative estimate of drug-likeness (QED) is 0.780.